The van der Waals surface area contributed by atoms with Crippen molar-refractivity contribution in [3.05, 3.63) is 74.9 Å². The van der Waals surface area contributed by atoms with Gasteiger partial charge in [-0.25, -0.2) is 9.97 Å². The molecule has 1 aliphatic heterocycles. The van der Waals surface area contributed by atoms with Crippen molar-refractivity contribution < 1.29 is 14.3 Å². The third-order valence-corrected chi connectivity index (χ3v) is 7.33. The molecule has 0 saturated heterocycles. The molecule has 7 nitrogen and oxygen atoms in total. The predicted octanol–water partition coefficient (Wildman–Crippen LogP) is 4.86. The van der Waals surface area contributed by atoms with Gasteiger partial charge in [-0.2, -0.15) is 0 Å². The Labute approximate surface area is 216 Å². The summed E-state index contributed by atoms with van der Waals surface area (Å²) in [6, 6.07) is 11.8. The van der Waals surface area contributed by atoms with Crippen LogP contribution in [0.2, 0.25) is 0 Å². The van der Waals surface area contributed by atoms with Crippen LogP contribution in [0.5, 0.6) is 0 Å². The minimum absolute atomic E-state index is 0.0516. The number of carbonyl (C=O) groups is 2. The number of amides is 1. The summed E-state index contributed by atoms with van der Waals surface area (Å²) in [7, 11) is 3.46. The van der Waals surface area contributed by atoms with Crippen LogP contribution in [0.3, 0.4) is 0 Å². The molecule has 4 rings (SSSR count). The summed E-state index contributed by atoms with van der Waals surface area (Å²) >= 11 is 1.57. The van der Waals surface area contributed by atoms with Gasteiger partial charge in [0.25, 0.3) is 5.91 Å². The van der Waals surface area contributed by atoms with Crippen molar-refractivity contribution >= 4 is 29.0 Å². The fraction of sp³-hybridized carbons (Fsp3) is 0.429. The molecule has 8 heteroatoms. The Kier molecular flexibility index (Phi) is 8.70. The fourth-order valence-electron chi connectivity index (χ4n) is 4.41. The Morgan fingerprint density at radius 1 is 1.08 bits per heavy atom. The van der Waals surface area contributed by atoms with E-state index in [2.05, 4.69) is 22.8 Å². The lowest BCUT2D eigenvalue weighted by molar-refractivity contribution is -0.143. The van der Waals surface area contributed by atoms with Gasteiger partial charge >= 0.3 is 5.97 Å². The van der Waals surface area contributed by atoms with Crippen LogP contribution in [-0.2, 0) is 28.8 Å². The Hall–Kier alpha value is -3.26. The molecule has 1 N–H and O–H groups in total. The molecule has 3 heterocycles. The first kappa shape index (κ1) is 25.8. The van der Waals surface area contributed by atoms with E-state index in [0.29, 0.717) is 12.2 Å². The van der Waals surface area contributed by atoms with Gasteiger partial charge in [0, 0.05) is 43.2 Å². The van der Waals surface area contributed by atoms with E-state index in [-0.39, 0.29) is 24.2 Å². The van der Waals surface area contributed by atoms with E-state index in [0.717, 1.165) is 66.4 Å². The molecule has 1 aromatic carbocycles. The smallest absolute Gasteiger partial charge is 0.306 e. The molecule has 3 aromatic rings. The van der Waals surface area contributed by atoms with Crippen LogP contribution in [0.4, 0.5) is 5.82 Å². The number of nitrogens with one attached hydrogen (secondary N) is 1. The number of ether oxygens (including phenoxy) is 1. The summed E-state index contributed by atoms with van der Waals surface area (Å²) in [5.74, 6) is 0.526. The fourth-order valence-corrected chi connectivity index (χ4v) is 5.39. The average Bonchev–Trinajstić information content (AvgIpc) is 3.35. The molecule has 36 heavy (non-hydrogen) atoms. The van der Waals surface area contributed by atoms with Gasteiger partial charge in [0.15, 0.2) is 0 Å². The Morgan fingerprint density at radius 2 is 1.86 bits per heavy atom. The van der Waals surface area contributed by atoms with Gasteiger partial charge in [-0.3, -0.25) is 9.59 Å². The van der Waals surface area contributed by atoms with Crippen molar-refractivity contribution in [2.75, 3.05) is 32.6 Å². The molecule has 1 amide bonds. The van der Waals surface area contributed by atoms with Crippen molar-refractivity contribution in [2.45, 2.75) is 51.4 Å². The maximum Gasteiger partial charge on any atom is 0.306 e. The van der Waals surface area contributed by atoms with Crippen LogP contribution >= 0.6 is 11.3 Å². The van der Waals surface area contributed by atoms with Crippen LogP contribution in [0.25, 0.3) is 0 Å². The van der Waals surface area contributed by atoms with Crippen molar-refractivity contribution in [3.63, 3.8) is 0 Å². The van der Waals surface area contributed by atoms with Crippen molar-refractivity contribution in [1.82, 2.24) is 14.9 Å². The third kappa shape index (κ3) is 6.49. The van der Waals surface area contributed by atoms with Gasteiger partial charge in [0.2, 0.25) is 0 Å². The van der Waals surface area contributed by atoms with Gasteiger partial charge < -0.3 is 15.0 Å². The molecule has 190 valence electrons. The zero-order valence-corrected chi connectivity index (χ0v) is 22.1. The molecule has 1 atom stereocenters. The number of pyridine rings is 1. The van der Waals surface area contributed by atoms with Crippen LogP contribution < -0.4 is 5.32 Å². The molecule has 0 bridgehead atoms. The number of hydrogen-bond donors (Lipinski definition) is 1. The highest BCUT2D eigenvalue weighted by Gasteiger charge is 2.23. The molecule has 0 radical (unpaired) electrons. The summed E-state index contributed by atoms with van der Waals surface area (Å²) in [6.07, 6.45) is 5.18. The monoisotopic (exact) mass is 506 g/mol. The van der Waals surface area contributed by atoms with E-state index in [1.54, 1.807) is 30.3 Å². The second-order valence-electron chi connectivity index (χ2n) is 9.25. The lowest BCUT2D eigenvalue weighted by Gasteiger charge is -2.17. The van der Waals surface area contributed by atoms with E-state index in [1.807, 2.05) is 31.2 Å². The predicted molar refractivity (Wildman–Crippen MR) is 143 cm³/mol. The molecular weight excluding hydrogens is 472 g/mol. The average molecular weight is 507 g/mol. The van der Waals surface area contributed by atoms with Crippen molar-refractivity contribution in [3.8, 4) is 0 Å². The topological polar surface area (TPSA) is 84.4 Å². The van der Waals surface area contributed by atoms with Gasteiger partial charge in [0.05, 0.1) is 18.7 Å². The molecular formula is C28H34N4O3S. The second kappa shape index (κ2) is 12.1. The summed E-state index contributed by atoms with van der Waals surface area (Å²) in [6.45, 7) is 3.15. The van der Waals surface area contributed by atoms with Crippen LogP contribution in [0.15, 0.2) is 41.8 Å². The molecule has 0 saturated carbocycles. The molecule has 0 spiro atoms. The quantitative estimate of drug-likeness (QED) is 0.396. The zero-order valence-electron chi connectivity index (χ0n) is 21.3. The number of hydrogen-bond acceptors (Lipinski definition) is 7. The minimum Gasteiger partial charge on any atom is -0.466 e. The largest absolute Gasteiger partial charge is 0.466 e. The van der Waals surface area contributed by atoms with E-state index in [4.69, 9.17) is 14.7 Å². The maximum atomic E-state index is 12.4. The molecule has 1 unspecified atom stereocenters. The second-order valence-corrected chi connectivity index (χ2v) is 10.1. The highest BCUT2D eigenvalue weighted by atomic mass is 32.1. The highest BCUT2D eigenvalue weighted by molar-refractivity contribution is 7.09. The van der Waals surface area contributed by atoms with E-state index in [9.17, 15) is 9.59 Å². The summed E-state index contributed by atoms with van der Waals surface area (Å²) in [4.78, 5) is 35.9. The summed E-state index contributed by atoms with van der Waals surface area (Å²) in [5.41, 5.74) is 5.00. The van der Waals surface area contributed by atoms with Gasteiger partial charge in [-0.15, -0.1) is 11.3 Å². The SMILES string of the molecule is CCOC(=O)CC(c1ccc(C(=O)N(C)C)cc1)c1nc(CCCc2ccc3c(n2)NCCC3)cs1. The number of aryl methyl sites for hydroxylation is 3. The number of aromatic nitrogens is 2. The van der Waals surface area contributed by atoms with E-state index in [1.165, 1.54) is 5.56 Å². The first-order valence-corrected chi connectivity index (χ1v) is 13.5. The molecule has 0 aliphatic carbocycles. The standard InChI is InChI=1S/C28H34N4O3S/c1-4-35-25(33)17-24(19-10-12-21(13-11-19)28(34)32(2)3)27-31-23(18-36-27)9-5-8-22-15-14-20-7-6-16-29-26(20)30-22/h10-15,18,24H,4-9,16-17H2,1-3H3,(H,29,30). The van der Waals surface area contributed by atoms with Crippen molar-refractivity contribution in [1.29, 1.82) is 0 Å². The Balaban J connectivity index is 1.43. The normalized spacial score (nSPS) is 13.4. The molecule has 1 aliphatic rings. The minimum atomic E-state index is -0.250. The number of esters is 1. The van der Waals surface area contributed by atoms with Crippen LogP contribution in [0, 0.1) is 0 Å². The number of fused-ring (bicyclic) bond motifs is 1. The van der Waals surface area contributed by atoms with E-state index < -0.39 is 0 Å². The molecule has 2 aromatic heterocycles. The van der Waals surface area contributed by atoms with Gasteiger partial charge in [0.1, 0.15) is 10.8 Å². The van der Waals surface area contributed by atoms with E-state index >= 15 is 0 Å². The van der Waals surface area contributed by atoms with Gasteiger partial charge in [-0.05, 0) is 68.4 Å². The lowest BCUT2D eigenvalue weighted by atomic mass is 9.95. The lowest BCUT2D eigenvalue weighted by Crippen LogP contribution is -2.21. The van der Waals surface area contributed by atoms with Gasteiger partial charge in [-0.1, -0.05) is 18.2 Å². The Bertz CT molecular complexity index is 1190. The van der Waals surface area contributed by atoms with Crippen LogP contribution in [-0.4, -0.2) is 54.0 Å². The molecule has 0 fully saturated rings. The van der Waals surface area contributed by atoms with Crippen LogP contribution in [0.1, 0.15) is 70.0 Å². The Morgan fingerprint density at radius 3 is 2.61 bits per heavy atom. The maximum absolute atomic E-state index is 12.4. The number of anilines is 1. The zero-order chi connectivity index (χ0) is 25.5. The first-order chi connectivity index (χ1) is 17.4. The number of carbonyl (C=O) groups excluding carboxylic acids is 2. The number of benzene rings is 1. The first-order valence-electron chi connectivity index (χ1n) is 12.6. The highest BCUT2D eigenvalue weighted by Crippen LogP contribution is 2.32. The van der Waals surface area contributed by atoms with Crippen molar-refractivity contribution in [2.24, 2.45) is 0 Å². The number of thiazole rings is 1. The summed E-state index contributed by atoms with van der Waals surface area (Å²) in [5, 5.41) is 6.37. The number of nitrogens with zero attached hydrogens (tertiary/aromatic N) is 3. The number of rotatable bonds is 10. The summed E-state index contributed by atoms with van der Waals surface area (Å²) < 4.78 is 5.23. The third-order valence-electron chi connectivity index (χ3n) is 6.33.